The molecule has 3 rings (SSSR count). The van der Waals surface area contributed by atoms with Crippen LogP contribution < -0.4 is 4.74 Å². The Morgan fingerprint density at radius 1 is 1.10 bits per heavy atom. The third-order valence-corrected chi connectivity index (χ3v) is 4.91. The van der Waals surface area contributed by atoms with Gasteiger partial charge in [0.1, 0.15) is 11.5 Å². The highest BCUT2D eigenvalue weighted by atomic mass is 16.5. The molecule has 1 unspecified atom stereocenters. The van der Waals surface area contributed by atoms with Crippen molar-refractivity contribution in [1.29, 1.82) is 0 Å². The van der Waals surface area contributed by atoms with Crippen molar-refractivity contribution in [2.24, 2.45) is 0 Å². The van der Waals surface area contributed by atoms with E-state index in [4.69, 9.17) is 4.74 Å². The van der Waals surface area contributed by atoms with Crippen molar-refractivity contribution < 1.29 is 19.4 Å². The van der Waals surface area contributed by atoms with Crippen molar-refractivity contribution in [2.75, 3.05) is 6.54 Å². The van der Waals surface area contributed by atoms with Gasteiger partial charge in [0.25, 0.3) is 11.7 Å². The number of ketones is 1. The highest BCUT2D eigenvalue weighted by Crippen LogP contribution is 2.42. The Balaban J connectivity index is 2.21. The SMILES string of the molecule is CCCN1C(=O)C(=O)/C(=C(\O)c2ccc(C)cc2)C1c1ccccc1OC(C)C. The van der Waals surface area contributed by atoms with Crippen LogP contribution in [0.4, 0.5) is 0 Å². The third-order valence-electron chi connectivity index (χ3n) is 4.91. The van der Waals surface area contributed by atoms with Crippen LogP contribution >= 0.6 is 0 Å². The first-order valence-corrected chi connectivity index (χ1v) is 9.96. The molecule has 1 atom stereocenters. The molecular weight excluding hydrogens is 366 g/mol. The third kappa shape index (κ3) is 4.04. The number of benzene rings is 2. The van der Waals surface area contributed by atoms with E-state index in [9.17, 15) is 14.7 Å². The molecule has 0 spiro atoms. The van der Waals surface area contributed by atoms with Gasteiger partial charge in [0.05, 0.1) is 17.7 Å². The summed E-state index contributed by atoms with van der Waals surface area (Å²) in [6.45, 7) is 8.16. The number of ether oxygens (including phenoxy) is 1. The smallest absolute Gasteiger partial charge is 0.295 e. The molecule has 152 valence electrons. The Labute approximate surface area is 171 Å². The van der Waals surface area contributed by atoms with E-state index in [1.807, 2.05) is 64.1 Å². The highest BCUT2D eigenvalue weighted by molar-refractivity contribution is 6.46. The molecule has 1 fully saturated rings. The van der Waals surface area contributed by atoms with Gasteiger partial charge in [-0.05, 0) is 33.3 Å². The number of likely N-dealkylation sites (tertiary alicyclic amines) is 1. The second-order valence-electron chi connectivity index (χ2n) is 7.56. The minimum absolute atomic E-state index is 0.0679. The lowest BCUT2D eigenvalue weighted by Crippen LogP contribution is -2.30. The van der Waals surface area contributed by atoms with Crippen LogP contribution in [-0.4, -0.2) is 34.3 Å². The van der Waals surface area contributed by atoms with Crippen molar-refractivity contribution in [2.45, 2.75) is 46.3 Å². The maximum Gasteiger partial charge on any atom is 0.295 e. The molecule has 1 heterocycles. The van der Waals surface area contributed by atoms with Crippen LogP contribution in [0.1, 0.15) is 49.9 Å². The zero-order valence-electron chi connectivity index (χ0n) is 17.3. The van der Waals surface area contributed by atoms with Crippen LogP contribution in [0.25, 0.3) is 5.76 Å². The molecule has 1 aliphatic heterocycles. The van der Waals surface area contributed by atoms with Gasteiger partial charge in [0.15, 0.2) is 0 Å². The number of Topliss-reactive ketones (excluding diaryl/α,β-unsaturated/α-hetero) is 1. The highest BCUT2D eigenvalue weighted by Gasteiger charge is 2.46. The topological polar surface area (TPSA) is 66.8 Å². The fourth-order valence-electron chi connectivity index (χ4n) is 3.61. The van der Waals surface area contributed by atoms with E-state index in [1.165, 1.54) is 4.90 Å². The predicted molar refractivity (Wildman–Crippen MR) is 113 cm³/mol. The molecule has 5 nitrogen and oxygen atoms in total. The standard InChI is InChI=1S/C24H27NO4/c1-5-14-25-21(18-8-6-7-9-19(18)29-15(2)3)20(23(27)24(25)28)22(26)17-12-10-16(4)11-13-17/h6-13,15,21,26H,5,14H2,1-4H3/b22-20-. The molecule has 2 aromatic rings. The molecule has 0 aliphatic carbocycles. The van der Waals surface area contributed by atoms with Crippen molar-refractivity contribution in [1.82, 2.24) is 4.90 Å². The van der Waals surface area contributed by atoms with Gasteiger partial charge in [-0.3, -0.25) is 9.59 Å². The Bertz CT molecular complexity index is 944. The number of aliphatic hydroxyl groups is 1. The number of aliphatic hydroxyl groups excluding tert-OH is 1. The van der Waals surface area contributed by atoms with Gasteiger partial charge in [-0.1, -0.05) is 55.0 Å². The van der Waals surface area contributed by atoms with Crippen LogP contribution in [0, 0.1) is 6.92 Å². The maximum absolute atomic E-state index is 12.9. The lowest BCUT2D eigenvalue weighted by atomic mass is 9.94. The number of nitrogens with zero attached hydrogens (tertiary/aromatic N) is 1. The molecule has 1 N–H and O–H groups in total. The summed E-state index contributed by atoms with van der Waals surface area (Å²) in [5, 5.41) is 11.0. The van der Waals surface area contributed by atoms with Crippen molar-refractivity contribution in [3.05, 3.63) is 70.8 Å². The van der Waals surface area contributed by atoms with E-state index in [0.717, 1.165) is 5.56 Å². The van der Waals surface area contributed by atoms with Crippen LogP contribution in [0.5, 0.6) is 5.75 Å². The summed E-state index contributed by atoms with van der Waals surface area (Å²) < 4.78 is 5.95. The molecular formula is C24H27NO4. The average molecular weight is 393 g/mol. The van der Waals surface area contributed by atoms with E-state index in [-0.39, 0.29) is 17.4 Å². The zero-order valence-corrected chi connectivity index (χ0v) is 17.3. The van der Waals surface area contributed by atoms with Gasteiger partial charge in [0.2, 0.25) is 0 Å². The minimum Gasteiger partial charge on any atom is -0.507 e. The molecule has 1 saturated heterocycles. The Hall–Kier alpha value is -3.08. The van der Waals surface area contributed by atoms with E-state index in [2.05, 4.69) is 0 Å². The van der Waals surface area contributed by atoms with Gasteiger partial charge in [0, 0.05) is 17.7 Å². The van der Waals surface area contributed by atoms with E-state index >= 15 is 0 Å². The van der Waals surface area contributed by atoms with Crippen molar-refractivity contribution in [3.63, 3.8) is 0 Å². The summed E-state index contributed by atoms with van der Waals surface area (Å²) in [5.74, 6) is -0.817. The molecule has 0 saturated carbocycles. The first kappa shape index (κ1) is 20.6. The summed E-state index contributed by atoms with van der Waals surface area (Å²) in [6, 6.07) is 13.9. The molecule has 0 bridgehead atoms. The number of para-hydroxylation sites is 1. The van der Waals surface area contributed by atoms with Crippen LogP contribution in [0.15, 0.2) is 54.1 Å². The summed E-state index contributed by atoms with van der Waals surface area (Å²) in [4.78, 5) is 27.3. The van der Waals surface area contributed by atoms with Gasteiger partial charge in [-0.25, -0.2) is 0 Å². The molecule has 1 aliphatic rings. The largest absolute Gasteiger partial charge is 0.507 e. The van der Waals surface area contributed by atoms with E-state index < -0.39 is 17.7 Å². The Kier molecular flexibility index (Phi) is 6.06. The fourth-order valence-corrected chi connectivity index (χ4v) is 3.61. The van der Waals surface area contributed by atoms with Gasteiger partial charge in [-0.2, -0.15) is 0 Å². The minimum atomic E-state index is -0.689. The summed E-state index contributed by atoms with van der Waals surface area (Å²) in [6.07, 6.45) is 0.628. The number of amides is 1. The zero-order chi connectivity index (χ0) is 21.1. The van der Waals surface area contributed by atoms with E-state index in [0.29, 0.717) is 29.8 Å². The number of aryl methyl sites for hydroxylation is 1. The molecule has 0 radical (unpaired) electrons. The number of rotatable bonds is 6. The van der Waals surface area contributed by atoms with Crippen molar-refractivity contribution >= 4 is 17.4 Å². The fraction of sp³-hybridized carbons (Fsp3) is 0.333. The lowest BCUT2D eigenvalue weighted by molar-refractivity contribution is -0.139. The van der Waals surface area contributed by atoms with Crippen LogP contribution in [0.2, 0.25) is 0 Å². The quantitative estimate of drug-likeness (QED) is 0.442. The van der Waals surface area contributed by atoms with Gasteiger partial charge >= 0.3 is 0 Å². The molecule has 0 aromatic heterocycles. The number of hydrogen-bond acceptors (Lipinski definition) is 4. The average Bonchev–Trinajstić information content (AvgIpc) is 2.93. The number of hydrogen-bond donors (Lipinski definition) is 1. The van der Waals surface area contributed by atoms with Crippen molar-refractivity contribution in [3.8, 4) is 5.75 Å². The molecule has 1 amide bonds. The van der Waals surface area contributed by atoms with E-state index in [1.54, 1.807) is 12.1 Å². The predicted octanol–water partition coefficient (Wildman–Crippen LogP) is 4.61. The normalized spacial score (nSPS) is 18.5. The second-order valence-corrected chi connectivity index (χ2v) is 7.56. The number of carbonyl (C=O) groups excluding carboxylic acids is 2. The van der Waals surface area contributed by atoms with Gasteiger partial charge < -0.3 is 14.7 Å². The monoisotopic (exact) mass is 393 g/mol. The summed E-state index contributed by atoms with van der Waals surface area (Å²) in [5.41, 5.74) is 2.35. The second kappa shape index (κ2) is 8.52. The first-order valence-electron chi connectivity index (χ1n) is 9.96. The first-order chi connectivity index (χ1) is 13.8. The molecule has 5 heteroatoms. The molecule has 29 heavy (non-hydrogen) atoms. The lowest BCUT2D eigenvalue weighted by Gasteiger charge is -2.27. The van der Waals surface area contributed by atoms with Gasteiger partial charge in [-0.15, -0.1) is 0 Å². The maximum atomic E-state index is 12.9. The summed E-state index contributed by atoms with van der Waals surface area (Å²) in [7, 11) is 0. The van der Waals surface area contributed by atoms with Crippen LogP contribution in [0.3, 0.4) is 0 Å². The number of carbonyl (C=O) groups is 2. The summed E-state index contributed by atoms with van der Waals surface area (Å²) >= 11 is 0. The van der Waals surface area contributed by atoms with Crippen LogP contribution in [-0.2, 0) is 9.59 Å². The Morgan fingerprint density at radius 3 is 2.38 bits per heavy atom. The molecule has 2 aromatic carbocycles. The Morgan fingerprint density at radius 2 is 1.76 bits per heavy atom.